The number of nitrogen functional groups attached to an aromatic ring is 1. The van der Waals surface area contributed by atoms with E-state index in [1.807, 2.05) is 0 Å². The Labute approximate surface area is 208 Å². The minimum absolute atomic E-state index is 0.0722. The topological polar surface area (TPSA) is 158 Å². The predicted octanol–water partition coefficient (Wildman–Crippen LogP) is 2.17. The molecule has 5 N–H and O–H groups in total. The number of carbonyl (C=O) groups excluding carboxylic acids is 4. The normalized spacial score (nSPS) is 11.4. The molecule has 3 aromatic rings. The second-order valence-electron chi connectivity index (χ2n) is 7.24. The first kappa shape index (κ1) is 26.2. The molecular formula is C23H21F2N5O5S. The molecule has 3 amide bonds. The van der Waals surface area contributed by atoms with E-state index in [9.17, 15) is 28.0 Å². The van der Waals surface area contributed by atoms with Crippen molar-refractivity contribution in [1.29, 1.82) is 0 Å². The first-order chi connectivity index (χ1) is 17.1. The van der Waals surface area contributed by atoms with Gasteiger partial charge in [0, 0.05) is 0 Å². The zero-order valence-electron chi connectivity index (χ0n) is 18.9. The number of aromatic nitrogens is 1. The fraction of sp³-hybridized carbons (Fsp3) is 0.174. The zero-order chi connectivity index (χ0) is 26.4. The second-order valence-corrected chi connectivity index (χ2v) is 8.02. The Morgan fingerprint density at radius 1 is 1.11 bits per heavy atom. The van der Waals surface area contributed by atoms with Crippen molar-refractivity contribution in [2.75, 3.05) is 23.8 Å². The van der Waals surface area contributed by atoms with Crippen LogP contribution in [0.5, 0.6) is 0 Å². The van der Waals surface area contributed by atoms with E-state index in [0.717, 1.165) is 23.1 Å². The van der Waals surface area contributed by atoms with E-state index in [1.165, 1.54) is 30.3 Å². The van der Waals surface area contributed by atoms with E-state index in [4.69, 9.17) is 16.2 Å². The minimum Gasteiger partial charge on any atom is -0.465 e. The van der Waals surface area contributed by atoms with E-state index < -0.39 is 47.9 Å². The molecule has 1 aromatic heterocycles. The molecule has 1 heterocycles. The van der Waals surface area contributed by atoms with Gasteiger partial charge in [-0.2, -0.15) is 4.37 Å². The van der Waals surface area contributed by atoms with Crippen LogP contribution < -0.4 is 21.7 Å². The van der Waals surface area contributed by atoms with Crippen molar-refractivity contribution in [3.05, 3.63) is 76.3 Å². The van der Waals surface area contributed by atoms with Crippen LogP contribution in [-0.2, 0) is 14.3 Å². The van der Waals surface area contributed by atoms with Crippen LogP contribution in [0.15, 0.2) is 48.5 Å². The van der Waals surface area contributed by atoms with E-state index in [2.05, 4.69) is 9.69 Å². The third-order valence-electron chi connectivity index (χ3n) is 4.89. The second kappa shape index (κ2) is 11.4. The third-order valence-corrected chi connectivity index (χ3v) is 5.74. The Morgan fingerprint density at radius 3 is 2.36 bits per heavy atom. The molecule has 0 spiro atoms. The van der Waals surface area contributed by atoms with E-state index >= 15 is 0 Å². The molecule has 1 atom stereocenters. The monoisotopic (exact) mass is 517 g/mol. The van der Waals surface area contributed by atoms with Crippen LogP contribution >= 0.6 is 11.5 Å². The number of hydrogen-bond donors (Lipinski definition) is 3. The summed E-state index contributed by atoms with van der Waals surface area (Å²) in [6.45, 7) is 1.11. The van der Waals surface area contributed by atoms with Crippen molar-refractivity contribution in [3.63, 3.8) is 0 Å². The van der Waals surface area contributed by atoms with Gasteiger partial charge in [-0.3, -0.25) is 24.1 Å². The van der Waals surface area contributed by atoms with Crippen LogP contribution in [0.4, 0.5) is 20.2 Å². The maximum atomic E-state index is 15.0. The number of carbonyl (C=O) groups is 4. The summed E-state index contributed by atoms with van der Waals surface area (Å²) in [5.41, 5.74) is 10.2. The standard InChI is InChI=1S/C23H21F2N5O5S/c1-2-35-16(31)11-28-22(33)19(12-7-9-13(24)10-8-12)30(15-6-4-3-5-14(15)25)23(34)20-17(26)18(21(27)32)29-36-20/h3-10,19H,2,11,26H2,1H3,(H2,27,32)(H,28,33). The number of benzene rings is 2. The summed E-state index contributed by atoms with van der Waals surface area (Å²) in [5, 5.41) is 2.35. The highest BCUT2D eigenvalue weighted by atomic mass is 32.1. The number of anilines is 2. The Morgan fingerprint density at radius 2 is 1.78 bits per heavy atom. The molecule has 188 valence electrons. The van der Waals surface area contributed by atoms with E-state index in [0.29, 0.717) is 11.5 Å². The van der Waals surface area contributed by atoms with Crippen LogP contribution in [0, 0.1) is 11.6 Å². The lowest BCUT2D eigenvalue weighted by molar-refractivity contribution is -0.143. The average Bonchev–Trinajstić information content (AvgIpc) is 3.24. The number of para-hydroxylation sites is 1. The molecule has 10 nitrogen and oxygen atoms in total. The van der Waals surface area contributed by atoms with Crippen molar-refractivity contribution in [1.82, 2.24) is 9.69 Å². The van der Waals surface area contributed by atoms with Crippen molar-refractivity contribution in [3.8, 4) is 0 Å². The van der Waals surface area contributed by atoms with Gasteiger partial charge in [0.05, 0.1) is 18.0 Å². The number of ether oxygens (including phenoxy) is 1. The Balaban J connectivity index is 2.17. The summed E-state index contributed by atoms with van der Waals surface area (Å²) in [6, 6.07) is 8.10. The average molecular weight is 518 g/mol. The van der Waals surface area contributed by atoms with Crippen LogP contribution in [-0.4, -0.2) is 41.2 Å². The summed E-state index contributed by atoms with van der Waals surface area (Å²) < 4.78 is 37.3. The maximum absolute atomic E-state index is 15.0. The van der Waals surface area contributed by atoms with Gasteiger partial charge in [0.1, 0.15) is 29.1 Å². The summed E-state index contributed by atoms with van der Waals surface area (Å²) >= 11 is 0.538. The van der Waals surface area contributed by atoms with Gasteiger partial charge in [0.2, 0.25) is 5.91 Å². The quantitative estimate of drug-likeness (QED) is 0.367. The number of amides is 3. The lowest BCUT2D eigenvalue weighted by Gasteiger charge is -2.31. The summed E-state index contributed by atoms with van der Waals surface area (Å²) in [4.78, 5) is 51.0. The molecule has 0 aliphatic carbocycles. The molecule has 0 saturated heterocycles. The number of rotatable bonds is 9. The first-order valence-electron chi connectivity index (χ1n) is 10.5. The zero-order valence-corrected chi connectivity index (χ0v) is 19.7. The first-order valence-corrected chi connectivity index (χ1v) is 11.2. The largest absolute Gasteiger partial charge is 0.465 e. The van der Waals surface area contributed by atoms with Crippen LogP contribution in [0.2, 0.25) is 0 Å². The van der Waals surface area contributed by atoms with Crippen LogP contribution in [0.25, 0.3) is 0 Å². The maximum Gasteiger partial charge on any atom is 0.325 e. The van der Waals surface area contributed by atoms with Crippen molar-refractivity contribution in [2.24, 2.45) is 5.73 Å². The fourth-order valence-electron chi connectivity index (χ4n) is 3.28. The van der Waals surface area contributed by atoms with E-state index in [-0.39, 0.29) is 34.1 Å². The van der Waals surface area contributed by atoms with Gasteiger partial charge in [-0.1, -0.05) is 24.3 Å². The predicted molar refractivity (Wildman–Crippen MR) is 127 cm³/mol. The highest BCUT2D eigenvalue weighted by molar-refractivity contribution is 7.09. The highest BCUT2D eigenvalue weighted by Gasteiger charge is 2.37. The lowest BCUT2D eigenvalue weighted by atomic mass is 10.0. The lowest BCUT2D eigenvalue weighted by Crippen LogP contribution is -2.45. The Kier molecular flexibility index (Phi) is 8.27. The molecular weight excluding hydrogens is 496 g/mol. The Bertz CT molecular complexity index is 1300. The molecule has 36 heavy (non-hydrogen) atoms. The smallest absolute Gasteiger partial charge is 0.325 e. The van der Waals surface area contributed by atoms with Gasteiger partial charge < -0.3 is 21.5 Å². The number of nitrogens with two attached hydrogens (primary N) is 2. The summed E-state index contributed by atoms with van der Waals surface area (Å²) in [7, 11) is 0. The van der Waals surface area contributed by atoms with Crippen molar-refractivity contribution in [2.45, 2.75) is 13.0 Å². The molecule has 0 radical (unpaired) electrons. The van der Waals surface area contributed by atoms with Gasteiger partial charge in [0.15, 0.2) is 5.69 Å². The minimum atomic E-state index is -1.59. The Hall–Kier alpha value is -4.39. The van der Waals surface area contributed by atoms with Crippen molar-refractivity contribution >= 4 is 46.6 Å². The molecule has 13 heteroatoms. The SMILES string of the molecule is CCOC(=O)CNC(=O)C(c1ccc(F)cc1)N(C(=O)c1snc(C(N)=O)c1N)c1ccccc1F. The number of hydrogen-bond acceptors (Lipinski definition) is 8. The number of esters is 1. The van der Waals surface area contributed by atoms with E-state index in [1.54, 1.807) is 6.92 Å². The number of primary amides is 1. The number of halogens is 2. The molecule has 3 rings (SSSR count). The molecule has 0 saturated carbocycles. The van der Waals surface area contributed by atoms with Gasteiger partial charge >= 0.3 is 5.97 Å². The fourth-order valence-corrected chi connectivity index (χ4v) is 4.02. The van der Waals surface area contributed by atoms with Gasteiger partial charge in [-0.05, 0) is 48.3 Å². The van der Waals surface area contributed by atoms with Crippen molar-refractivity contribution < 1.29 is 32.7 Å². The molecule has 0 aliphatic rings. The third kappa shape index (κ3) is 5.63. The number of nitrogens with zero attached hydrogens (tertiary/aromatic N) is 2. The van der Waals surface area contributed by atoms with Crippen LogP contribution in [0.1, 0.15) is 38.7 Å². The van der Waals surface area contributed by atoms with Crippen LogP contribution in [0.3, 0.4) is 0 Å². The molecule has 0 bridgehead atoms. The van der Waals surface area contributed by atoms with Gasteiger partial charge in [-0.25, -0.2) is 8.78 Å². The van der Waals surface area contributed by atoms with Gasteiger partial charge in [-0.15, -0.1) is 0 Å². The molecule has 2 aromatic carbocycles. The molecule has 0 aliphatic heterocycles. The highest BCUT2D eigenvalue weighted by Crippen LogP contribution is 2.34. The summed E-state index contributed by atoms with van der Waals surface area (Å²) in [6.07, 6.45) is 0. The number of nitrogens with one attached hydrogen (secondary N) is 1. The molecule has 1 unspecified atom stereocenters. The summed E-state index contributed by atoms with van der Waals surface area (Å²) in [5.74, 6) is -5.10. The van der Waals surface area contributed by atoms with Gasteiger partial charge in [0.25, 0.3) is 11.8 Å². The molecule has 0 fully saturated rings.